The van der Waals surface area contributed by atoms with Gasteiger partial charge in [-0.1, -0.05) is 0 Å². The SMILES string of the molecule is C[C](C)(O)[AlH][Cl]. The molecule has 0 saturated carbocycles. The summed E-state index contributed by atoms with van der Waals surface area (Å²) in [6.45, 7) is 3.46. The third kappa shape index (κ3) is 4.78. The Morgan fingerprint density at radius 3 is 1.83 bits per heavy atom. The lowest BCUT2D eigenvalue weighted by Gasteiger charge is -2.07. The van der Waals surface area contributed by atoms with Gasteiger partial charge in [-0.25, -0.2) is 0 Å². The average Bonchev–Trinajstić information content (AvgIpc) is 1.35. The van der Waals surface area contributed by atoms with E-state index in [1.165, 1.54) is 0 Å². The van der Waals surface area contributed by atoms with E-state index in [0.717, 1.165) is 0 Å². The van der Waals surface area contributed by atoms with E-state index < -0.39 is 18.8 Å². The summed E-state index contributed by atoms with van der Waals surface area (Å²) in [7, 11) is 5.37. The maximum Gasteiger partial charge on any atom is 0.416 e. The first-order valence-electron chi connectivity index (χ1n) is 1.84. The molecule has 0 rings (SSSR count). The largest absolute Gasteiger partial charge is 0.416 e. The van der Waals surface area contributed by atoms with E-state index in [-0.39, 0.29) is 0 Å². The summed E-state index contributed by atoms with van der Waals surface area (Å²) in [6.07, 6.45) is 0. The summed E-state index contributed by atoms with van der Waals surface area (Å²) in [5.74, 6) is 0. The molecule has 0 spiro atoms. The summed E-state index contributed by atoms with van der Waals surface area (Å²) in [5.41, 5.74) is 0. The Morgan fingerprint density at radius 2 is 1.83 bits per heavy atom. The molecule has 0 aromatic rings. The molecule has 0 amide bonds. The molecule has 0 radical (unpaired) electrons. The van der Waals surface area contributed by atoms with Gasteiger partial charge in [-0.15, -0.1) is 0 Å². The number of aliphatic hydroxyl groups is 1. The first-order valence-corrected chi connectivity index (χ1v) is 4.69. The first kappa shape index (κ1) is 6.78. The zero-order valence-electron chi connectivity index (χ0n) is 4.03. The van der Waals surface area contributed by atoms with Gasteiger partial charge in [0.1, 0.15) is 0 Å². The molecule has 6 heavy (non-hydrogen) atoms. The van der Waals surface area contributed by atoms with Crippen molar-refractivity contribution in [3.63, 3.8) is 0 Å². The van der Waals surface area contributed by atoms with E-state index in [2.05, 4.69) is 0 Å². The number of hydrogen-bond acceptors (Lipinski definition) is 1. The fourth-order valence-corrected chi connectivity index (χ4v) is 0. The molecule has 1 nitrogen and oxygen atoms in total. The van der Waals surface area contributed by atoms with Gasteiger partial charge >= 0.3 is 14.3 Å². The summed E-state index contributed by atoms with van der Waals surface area (Å²) < 4.78 is -0.554. The van der Waals surface area contributed by atoms with Crippen LogP contribution in [0, 0.1) is 0 Å². The van der Waals surface area contributed by atoms with Crippen LogP contribution in [0.15, 0.2) is 0 Å². The van der Waals surface area contributed by atoms with Gasteiger partial charge in [0.25, 0.3) is 0 Å². The number of rotatable bonds is 1. The minimum Gasteiger partial charge on any atom is -0.404 e. The van der Waals surface area contributed by atoms with E-state index in [1.807, 2.05) is 0 Å². The molecule has 0 aliphatic heterocycles. The van der Waals surface area contributed by atoms with Crippen LogP contribution in [0.4, 0.5) is 0 Å². The Kier molecular flexibility index (Phi) is 2.47. The van der Waals surface area contributed by atoms with E-state index in [0.29, 0.717) is 0 Å². The van der Waals surface area contributed by atoms with Crippen molar-refractivity contribution < 1.29 is 5.11 Å². The predicted octanol–water partition coefficient (Wildman–Crippen LogP) is 0.305. The van der Waals surface area contributed by atoms with Gasteiger partial charge in [0.05, 0.1) is 0 Å². The van der Waals surface area contributed by atoms with Crippen LogP contribution in [0.3, 0.4) is 0 Å². The minimum atomic E-state index is -0.720. The standard InChI is InChI=1S/C3H7O.Al.ClH.H/c1-3(2)4;;;/h4H,1-2H3;;1H;/q;+1;;/p-1. The normalized spacial score (nSPS) is 11.3. The monoisotopic (exact) mass is 122 g/mol. The second kappa shape index (κ2) is 2.18. The van der Waals surface area contributed by atoms with E-state index in [9.17, 15) is 0 Å². The summed E-state index contributed by atoms with van der Waals surface area (Å²) in [6, 6.07) is 0. The Bertz CT molecular complexity index is 40.5. The zero-order chi connectivity index (χ0) is 5.21. The lowest BCUT2D eigenvalue weighted by Crippen LogP contribution is -2.23. The van der Waals surface area contributed by atoms with Crippen molar-refractivity contribution >= 4 is 24.3 Å². The minimum absolute atomic E-state index is 0.554. The maximum atomic E-state index is 8.76. The number of halogens is 1. The topological polar surface area (TPSA) is 20.2 Å². The summed E-state index contributed by atoms with van der Waals surface area (Å²) in [5, 5.41) is 8.76. The fourth-order valence-electron chi connectivity index (χ4n) is 0. The molecule has 0 atom stereocenters. The van der Waals surface area contributed by atoms with Crippen LogP contribution >= 0.6 is 10.0 Å². The van der Waals surface area contributed by atoms with Gasteiger partial charge in [0.2, 0.25) is 0 Å². The summed E-state index contributed by atoms with van der Waals surface area (Å²) in [4.78, 5) is 0. The predicted molar refractivity (Wildman–Crippen MR) is 29.3 cm³/mol. The van der Waals surface area contributed by atoms with Gasteiger partial charge in [0.15, 0.2) is 0 Å². The second-order valence-corrected chi connectivity index (χ2v) is 4.75. The molecule has 0 aliphatic rings. The lowest BCUT2D eigenvalue weighted by atomic mass is 10.5. The second-order valence-electron chi connectivity index (χ2n) is 1.95. The van der Waals surface area contributed by atoms with Crippen molar-refractivity contribution in [1.82, 2.24) is 0 Å². The van der Waals surface area contributed by atoms with Crippen molar-refractivity contribution in [3.8, 4) is 0 Å². The van der Waals surface area contributed by atoms with Gasteiger partial charge < -0.3 is 5.11 Å². The molecule has 0 aromatic heterocycles. The van der Waals surface area contributed by atoms with Crippen molar-refractivity contribution in [3.05, 3.63) is 0 Å². The molecule has 0 aliphatic carbocycles. The molecule has 0 aromatic carbocycles. The van der Waals surface area contributed by atoms with Crippen molar-refractivity contribution in [1.29, 1.82) is 0 Å². The fraction of sp³-hybridized carbons (Fsp3) is 1.00. The third-order valence-corrected chi connectivity index (χ3v) is 2.94. The highest BCUT2D eigenvalue weighted by atomic mass is 35.6. The van der Waals surface area contributed by atoms with Crippen LogP contribution < -0.4 is 0 Å². The molecular weight excluding hydrogens is 114 g/mol. The quantitative estimate of drug-likeness (QED) is 0.496. The van der Waals surface area contributed by atoms with E-state index in [1.54, 1.807) is 13.8 Å². The smallest absolute Gasteiger partial charge is 0.404 e. The van der Waals surface area contributed by atoms with E-state index >= 15 is 0 Å². The van der Waals surface area contributed by atoms with Gasteiger partial charge in [-0.2, -0.15) is 0 Å². The van der Waals surface area contributed by atoms with Crippen LogP contribution in [0.1, 0.15) is 13.8 Å². The third-order valence-electron chi connectivity index (χ3n) is 0.327. The van der Waals surface area contributed by atoms with Crippen LogP contribution in [0.25, 0.3) is 0 Å². The van der Waals surface area contributed by atoms with E-state index in [4.69, 9.17) is 15.2 Å². The Balaban J connectivity index is 3.17. The molecule has 0 heterocycles. The van der Waals surface area contributed by atoms with Crippen LogP contribution in [-0.4, -0.2) is 23.9 Å². The zero-order valence-corrected chi connectivity index (χ0v) is 6.20. The molecule has 0 unspecified atom stereocenters. The van der Waals surface area contributed by atoms with Gasteiger partial charge in [0, 0.05) is 4.46 Å². The highest BCUT2D eigenvalue weighted by Gasteiger charge is 2.12. The highest BCUT2D eigenvalue weighted by Crippen LogP contribution is 1.97. The van der Waals surface area contributed by atoms with Crippen LogP contribution in [0.5, 0.6) is 0 Å². The molecule has 0 saturated heterocycles. The van der Waals surface area contributed by atoms with Crippen LogP contribution in [0.2, 0.25) is 0 Å². The van der Waals surface area contributed by atoms with Crippen LogP contribution in [-0.2, 0) is 0 Å². The molecule has 0 fully saturated rings. The van der Waals surface area contributed by atoms with Crippen molar-refractivity contribution in [2.24, 2.45) is 0 Å². The Labute approximate surface area is 48.2 Å². The maximum absolute atomic E-state index is 8.76. The lowest BCUT2D eigenvalue weighted by molar-refractivity contribution is 0.168. The summed E-state index contributed by atoms with van der Waals surface area (Å²) >= 11 is -0.720. The first-order chi connectivity index (χ1) is 2.56. The molecular formula is C3H8AlClO. The molecule has 36 valence electrons. The Hall–Kier alpha value is 0.782. The molecule has 1 N–H and O–H groups in total. The molecule has 0 bridgehead atoms. The Morgan fingerprint density at radius 1 is 1.67 bits per heavy atom. The van der Waals surface area contributed by atoms with Crippen molar-refractivity contribution in [2.75, 3.05) is 0 Å². The average molecular weight is 123 g/mol. The molecule has 3 heteroatoms. The van der Waals surface area contributed by atoms with Gasteiger partial charge in [-0.3, -0.25) is 10.0 Å². The van der Waals surface area contributed by atoms with Gasteiger partial charge in [-0.05, 0) is 13.8 Å². The number of hydrogen-bond donors (Lipinski definition) is 1. The van der Waals surface area contributed by atoms with Crippen molar-refractivity contribution in [2.45, 2.75) is 18.3 Å². The highest BCUT2D eigenvalue weighted by molar-refractivity contribution is 6.95.